The molecule has 7 heteroatoms. The van der Waals surface area contributed by atoms with Crippen molar-refractivity contribution in [3.63, 3.8) is 0 Å². The molecule has 0 aromatic carbocycles. The molecule has 1 amide bonds. The molecule has 106 valence electrons. The number of alkyl halides is 2. The summed E-state index contributed by atoms with van der Waals surface area (Å²) in [5, 5.41) is 6.79. The number of hydrogen-bond acceptors (Lipinski definition) is 3. The number of nitrogens with two attached hydrogens (primary N) is 1. The third kappa shape index (κ3) is 3.28. The maximum absolute atomic E-state index is 13.0. The summed E-state index contributed by atoms with van der Waals surface area (Å²) in [7, 11) is 1.73. The number of carbonyl (C=O) groups excluding carboxylic acids is 1. The van der Waals surface area contributed by atoms with Crippen LogP contribution in [0.2, 0.25) is 0 Å². The van der Waals surface area contributed by atoms with Crippen LogP contribution in [-0.4, -0.2) is 21.6 Å². The van der Waals surface area contributed by atoms with Gasteiger partial charge in [0.2, 0.25) is 11.8 Å². The number of rotatable bonds is 3. The fourth-order valence-electron chi connectivity index (χ4n) is 2.31. The van der Waals surface area contributed by atoms with Crippen molar-refractivity contribution in [1.29, 1.82) is 0 Å². The van der Waals surface area contributed by atoms with E-state index in [1.54, 1.807) is 17.9 Å². The summed E-state index contributed by atoms with van der Waals surface area (Å²) >= 11 is 0. The maximum Gasteiger partial charge on any atom is 0.248 e. The zero-order valence-electron chi connectivity index (χ0n) is 10.8. The van der Waals surface area contributed by atoms with E-state index in [2.05, 4.69) is 10.4 Å². The highest BCUT2D eigenvalue weighted by Gasteiger charge is 2.37. The lowest BCUT2D eigenvalue weighted by Gasteiger charge is -2.27. The predicted molar refractivity (Wildman–Crippen MR) is 66.6 cm³/mol. The number of halogens is 2. The summed E-state index contributed by atoms with van der Waals surface area (Å²) in [6.07, 6.45) is 1.70. The molecule has 0 spiro atoms. The lowest BCUT2D eigenvalue weighted by molar-refractivity contribution is -0.124. The van der Waals surface area contributed by atoms with E-state index in [9.17, 15) is 13.6 Å². The van der Waals surface area contributed by atoms with Crippen molar-refractivity contribution >= 4 is 11.7 Å². The van der Waals surface area contributed by atoms with Gasteiger partial charge in [0.15, 0.2) is 5.82 Å². The van der Waals surface area contributed by atoms with Crippen LogP contribution in [0.3, 0.4) is 0 Å². The monoisotopic (exact) mass is 272 g/mol. The quantitative estimate of drug-likeness (QED) is 0.878. The Morgan fingerprint density at radius 3 is 2.79 bits per heavy atom. The van der Waals surface area contributed by atoms with Crippen LogP contribution in [0.4, 0.5) is 14.6 Å². The summed E-state index contributed by atoms with van der Waals surface area (Å²) in [6.45, 7) is 0.270. The summed E-state index contributed by atoms with van der Waals surface area (Å²) in [5.74, 6) is -2.81. The smallest absolute Gasteiger partial charge is 0.248 e. The molecule has 0 radical (unpaired) electrons. The molecule has 0 aliphatic heterocycles. The Morgan fingerprint density at radius 2 is 2.21 bits per heavy atom. The van der Waals surface area contributed by atoms with Crippen LogP contribution < -0.4 is 11.1 Å². The average Bonchev–Trinajstić information content (AvgIpc) is 2.69. The van der Waals surface area contributed by atoms with Crippen LogP contribution in [0.1, 0.15) is 31.2 Å². The molecule has 0 unspecified atom stereocenters. The van der Waals surface area contributed by atoms with Crippen LogP contribution in [0, 0.1) is 5.92 Å². The number of aromatic nitrogens is 2. The average molecular weight is 272 g/mol. The molecule has 2 rings (SSSR count). The molecule has 1 heterocycles. The van der Waals surface area contributed by atoms with Gasteiger partial charge in [0.05, 0.1) is 0 Å². The molecule has 1 fully saturated rings. The number of aryl methyl sites for hydroxylation is 1. The van der Waals surface area contributed by atoms with E-state index in [0.717, 1.165) is 5.56 Å². The van der Waals surface area contributed by atoms with E-state index >= 15 is 0 Å². The van der Waals surface area contributed by atoms with Gasteiger partial charge < -0.3 is 11.1 Å². The summed E-state index contributed by atoms with van der Waals surface area (Å²) < 4.78 is 27.6. The topological polar surface area (TPSA) is 72.9 Å². The van der Waals surface area contributed by atoms with E-state index in [4.69, 9.17) is 5.73 Å². The lowest BCUT2D eigenvalue weighted by Crippen LogP contribution is -2.32. The Bertz CT molecular complexity index is 462. The second kappa shape index (κ2) is 5.24. The Labute approximate surface area is 110 Å². The van der Waals surface area contributed by atoms with Gasteiger partial charge in [0, 0.05) is 44.1 Å². The molecule has 0 saturated heterocycles. The van der Waals surface area contributed by atoms with Crippen LogP contribution in [0.25, 0.3) is 0 Å². The van der Waals surface area contributed by atoms with Gasteiger partial charge in [-0.1, -0.05) is 0 Å². The molecule has 1 aromatic heterocycles. The molecular formula is C12H18F2N4O. The van der Waals surface area contributed by atoms with E-state index in [1.807, 2.05) is 0 Å². The molecule has 1 aliphatic carbocycles. The van der Waals surface area contributed by atoms with E-state index in [0.29, 0.717) is 5.82 Å². The largest absolute Gasteiger partial charge is 0.326 e. The Balaban J connectivity index is 1.98. The Hall–Kier alpha value is -1.50. The third-order valence-electron chi connectivity index (χ3n) is 3.45. The first-order valence-corrected chi connectivity index (χ1v) is 6.32. The van der Waals surface area contributed by atoms with Gasteiger partial charge in [0.1, 0.15) is 0 Å². The van der Waals surface area contributed by atoms with Gasteiger partial charge >= 0.3 is 0 Å². The summed E-state index contributed by atoms with van der Waals surface area (Å²) in [5.41, 5.74) is 6.28. The van der Waals surface area contributed by atoms with Gasteiger partial charge in [-0.3, -0.25) is 9.48 Å². The van der Waals surface area contributed by atoms with Crippen LogP contribution in [-0.2, 0) is 18.4 Å². The van der Waals surface area contributed by atoms with Gasteiger partial charge in [-0.15, -0.1) is 0 Å². The number of amides is 1. The maximum atomic E-state index is 13.0. The molecular weight excluding hydrogens is 254 g/mol. The minimum Gasteiger partial charge on any atom is -0.326 e. The minimum absolute atomic E-state index is 0.212. The Kier molecular flexibility index (Phi) is 3.84. The first kappa shape index (κ1) is 13.9. The highest BCUT2D eigenvalue weighted by Crippen LogP contribution is 2.36. The molecule has 19 heavy (non-hydrogen) atoms. The molecule has 1 aliphatic rings. The first-order chi connectivity index (χ1) is 8.91. The molecule has 3 N–H and O–H groups in total. The van der Waals surface area contributed by atoms with Crippen molar-refractivity contribution in [3.05, 3.63) is 11.8 Å². The highest BCUT2D eigenvalue weighted by atomic mass is 19.3. The van der Waals surface area contributed by atoms with Crippen molar-refractivity contribution in [2.75, 3.05) is 5.32 Å². The van der Waals surface area contributed by atoms with Crippen LogP contribution >= 0.6 is 0 Å². The predicted octanol–water partition coefficient (Wildman–Crippen LogP) is 1.64. The number of anilines is 1. The van der Waals surface area contributed by atoms with Gasteiger partial charge in [-0.2, -0.15) is 5.10 Å². The number of carbonyl (C=O) groups is 1. The molecule has 1 saturated carbocycles. The van der Waals surface area contributed by atoms with Crippen molar-refractivity contribution in [1.82, 2.24) is 9.78 Å². The van der Waals surface area contributed by atoms with Gasteiger partial charge in [0.25, 0.3) is 0 Å². The van der Waals surface area contributed by atoms with E-state index < -0.39 is 5.92 Å². The van der Waals surface area contributed by atoms with Crippen molar-refractivity contribution in [3.8, 4) is 0 Å². The van der Waals surface area contributed by atoms with Gasteiger partial charge in [-0.05, 0) is 12.8 Å². The Morgan fingerprint density at radius 1 is 1.58 bits per heavy atom. The van der Waals surface area contributed by atoms with E-state index in [-0.39, 0.29) is 44.1 Å². The van der Waals surface area contributed by atoms with Crippen molar-refractivity contribution < 1.29 is 13.6 Å². The fraction of sp³-hybridized carbons (Fsp3) is 0.667. The molecule has 0 bridgehead atoms. The van der Waals surface area contributed by atoms with Crippen molar-refractivity contribution in [2.24, 2.45) is 18.7 Å². The lowest BCUT2D eigenvalue weighted by atomic mass is 9.86. The summed E-state index contributed by atoms with van der Waals surface area (Å²) in [6, 6.07) is 0. The normalized spacial score (nSPS) is 19.4. The SMILES string of the molecule is Cn1cc(CN)c(NC(=O)C2CCC(F)(F)CC2)n1. The highest BCUT2D eigenvalue weighted by molar-refractivity contribution is 5.92. The molecule has 5 nitrogen and oxygen atoms in total. The zero-order valence-corrected chi connectivity index (χ0v) is 10.8. The molecule has 0 atom stereocenters. The number of hydrogen-bond donors (Lipinski definition) is 2. The number of nitrogens with zero attached hydrogens (tertiary/aromatic N) is 2. The second-order valence-electron chi connectivity index (χ2n) is 5.00. The summed E-state index contributed by atoms with van der Waals surface area (Å²) in [4.78, 5) is 12.0. The van der Waals surface area contributed by atoms with E-state index in [1.165, 1.54) is 0 Å². The van der Waals surface area contributed by atoms with Gasteiger partial charge in [-0.25, -0.2) is 8.78 Å². The zero-order chi connectivity index (χ0) is 14.0. The van der Waals surface area contributed by atoms with Crippen molar-refractivity contribution in [2.45, 2.75) is 38.2 Å². The minimum atomic E-state index is -2.62. The third-order valence-corrected chi connectivity index (χ3v) is 3.45. The van der Waals surface area contributed by atoms with Crippen LogP contribution in [0.5, 0.6) is 0 Å². The second-order valence-corrected chi connectivity index (χ2v) is 5.00. The standard InChI is InChI=1S/C12H18F2N4O/c1-18-7-9(6-15)10(17-18)16-11(19)8-2-4-12(13,14)5-3-8/h7-8H,2-6,15H2,1H3,(H,16,17,19). The fourth-order valence-corrected chi connectivity index (χ4v) is 2.31. The van der Waals surface area contributed by atoms with Crippen LogP contribution in [0.15, 0.2) is 6.20 Å². The first-order valence-electron chi connectivity index (χ1n) is 6.32. The number of nitrogens with one attached hydrogen (secondary N) is 1. The molecule has 1 aromatic rings.